The molecule has 11 nitrogen and oxygen atoms in total. The Morgan fingerprint density at radius 1 is 1.29 bits per heavy atom. The number of hydrogen-bond donors (Lipinski definition) is 2. The molecule has 5 rings (SSSR count). The summed E-state index contributed by atoms with van der Waals surface area (Å²) < 4.78 is 35.9. The lowest BCUT2D eigenvalue weighted by atomic mass is 10.1. The third-order valence-corrected chi connectivity index (χ3v) is 8.47. The van der Waals surface area contributed by atoms with Crippen molar-refractivity contribution in [2.75, 3.05) is 18.6 Å². The number of hydrogen-bond acceptors (Lipinski definition) is 10. The Morgan fingerprint density at radius 3 is 2.86 bits per heavy atom. The first-order valence-corrected chi connectivity index (χ1v) is 13.3. The highest BCUT2D eigenvalue weighted by Crippen LogP contribution is 2.34. The van der Waals surface area contributed by atoms with Gasteiger partial charge in [0.15, 0.2) is 5.65 Å². The molecule has 0 aromatic carbocycles. The standard InChI is InChI=1S/C22H24N8O3S2/c1-12-8-25-17(13(2)19(12)33-3)10-30-20-18-16(28-30)7-14(11-34-21(18)27-22(23)26-20)29-35(31,32)15-5-4-6-24-9-15/h4-6,8-9,14,29H,7,10-11H2,1-3H3,(H2,23,26,27). The van der Waals surface area contributed by atoms with E-state index < -0.39 is 16.1 Å². The molecule has 0 spiro atoms. The van der Waals surface area contributed by atoms with E-state index in [1.165, 1.54) is 30.2 Å². The van der Waals surface area contributed by atoms with E-state index in [-0.39, 0.29) is 10.8 Å². The van der Waals surface area contributed by atoms with Gasteiger partial charge in [0.2, 0.25) is 16.0 Å². The quantitative estimate of drug-likeness (QED) is 0.366. The summed E-state index contributed by atoms with van der Waals surface area (Å²) in [5.41, 5.74) is 9.98. The molecule has 0 radical (unpaired) electrons. The van der Waals surface area contributed by atoms with E-state index in [4.69, 9.17) is 15.6 Å². The minimum atomic E-state index is -3.74. The second kappa shape index (κ2) is 9.06. The van der Waals surface area contributed by atoms with Gasteiger partial charge in [-0.1, -0.05) is 0 Å². The molecule has 13 heteroatoms. The van der Waals surface area contributed by atoms with Crippen LogP contribution in [-0.2, 0) is 23.0 Å². The number of nitrogens with two attached hydrogens (primary N) is 1. The molecule has 35 heavy (non-hydrogen) atoms. The van der Waals surface area contributed by atoms with E-state index in [0.29, 0.717) is 35.1 Å². The number of anilines is 1. The van der Waals surface area contributed by atoms with Crippen LogP contribution in [-0.4, -0.2) is 57.0 Å². The lowest BCUT2D eigenvalue weighted by Crippen LogP contribution is -2.38. The number of nitrogens with one attached hydrogen (secondary N) is 1. The number of nitrogens with zero attached hydrogens (tertiary/aromatic N) is 6. The molecule has 0 bridgehead atoms. The number of ether oxygens (including phenoxy) is 1. The van der Waals surface area contributed by atoms with E-state index in [2.05, 4.69) is 24.7 Å². The molecular weight excluding hydrogens is 488 g/mol. The van der Waals surface area contributed by atoms with E-state index in [1.54, 1.807) is 24.1 Å². The molecule has 4 aromatic rings. The zero-order chi connectivity index (χ0) is 24.7. The Labute approximate surface area is 206 Å². The summed E-state index contributed by atoms with van der Waals surface area (Å²) in [6.07, 6.45) is 5.00. The number of thioether (sulfide) groups is 1. The van der Waals surface area contributed by atoms with Crippen molar-refractivity contribution in [3.63, 3.8) is 0 Å². The maximum Gasteiger partial charge on any atom is 0.242 e. The fraction of sp³-hybridized carbons (Fsp3) is 0.318. The van der Waals surface area contributed by atoms with Crippen LogP contribution in [0.4, 0.5) is 5.95 Å². The lowest BCUT2D eigenvalue weighted by molar-refractivity contribution is 0.406. The average molecular weight is 513 g/mol. The molecule has 0 aliphatic carbocycles. The van der Waals surface area contributed by atoms with Crippen molar-refractivity contribution >= 4 is 38.8 Å². The number of aromatic nitrogens is 6. The van der Waals surface area contributed by atoms with Crippen LogP contribution < -0.4 is 15.2 Å². The molecule has 0 saturated heterocycles. The van der Waals surface area contributed by atoms with Crippen molar-refractivity contribution in [3.05, 3.63) is 53.2 Å². The van der Waals surface area contributed by atoms with Crippen LogP contribution in [0.3, 0.4) is 0 Å². The zero-order valence-electron chi connectivity index (χ0n) is 19.4. The molecule has 3 N–H and O–H groups in total. The zero-order valence-corrected chi connectivity index (χ0v) is 21.0. The minimum Gasteiger partial charge on any atom is -0.496 e. The highest BCUT2D eigenvalue weighted by atomic mass is 32.2. The average Bonchev–Trinajstić information content (AvgIpc) is 3.06. The summed E-state index contributed by atoms with van der Waals surface area (Å²) in [4.78, 5) is 17.5. The maximum atomic E-state index is 12.9. The summed E-state index contributed by atoms with van der Waals surface area (Å²) in [6.45, 7) is 4.25. The highest BCUT2D eigenvalue weighted by Gasteiger charge is 2.29. The van der Waals surface area contributed by atoms with Crippen molar-refractivity contribution < 1.29 is 13.2 Å². The van der Waals surface area contributed by atoms with Crippen molar-refractivity contribution in [1.82, 2.24) is 34.4 Å². The number of methoxy groups -OCH3 is 1. The van der Waals surface area contributed by atoms with Crippen LogP contribution >= 0.6 is 11.8 Å². The van der Waals surface area contributed by atoms with Gasteiger partial charge in [-0.3, -0.25) is 9.97 Å². The van der Waals surface area contributed by atoms with Gasteiger partial charge in [-0.25, -0.2) is 22.8 Å². The van der Waals surface area contributed by atoms with Crippen LogP contribution in [0.15, 0.2) is 40.6 Å². The maximum absolute atomic E-state index is 12.9. The Kier molecular flexibility index (Phi) is 6.07. The van der Waals surface area contributed by atoms with Crippen LogP contribution in [0.25, 0.3) is 11.0 Å². The van der Waals surface area contributed by atoms with Crippen LogP contribution in [0, 0.1) is 13.8 Å². The van der Waals surface area contributed by atoms with Gasteiger partial charge in [-0.15, -0.1) is 11.8 Å². The molecule has 0 fully saturated rings. The largest absolute Gasteiger partial charge is 0.496 e. The smallest absolute Gasteiger partial charge is 0.242 e. The third-order valence-electron chi connectivity index (χ3n) is 5.83. The molecule has 1 atom stereocenters. The molecular formula is C22H24N8O3S2. The van der Waals surface area contributed by atoms with Gasteiger partial charge in [0.1, 0.15) is 15.7 Å². The first-order valence-electron chi connectivity index (χ1n) is 10.8. The van der Waals surface area contributed by atoms with Crippen molar-refractivity contribution in [2.45, 2.75) is 42.8 Å². The topological polar surface area (TPSA) is 151 Å². The van der Waals surface area contributed by atoms with Crippen molar-refractivity contribution in [3.8, 4) is 5.75 Å². The number of pyridine rings is 2. The Bertz CT molecular complexity index is 1520. The van der Waals surface area contributed by atoms with Crippen molar-refractivity contribution in [1.29, 1.82) is 0 Å². The SMILES string of the molecule is COc1c(C)cnc(Cn2nc3c4c(nc(N)nc42)SCC(NS(=O)(=O)c2cccnc2)C3)c1C. The monoisotopic (exact) mass is 512 g/mol. The third kappa shape index (κ3) is 4.42. The first kappa shape index (κ1) is 23.5. The Morgan fingerprint density at radius 2 is 2.11 bits per heavy atom. The van der Waals surface area contributed by atoms with Gasteiger partial charge < -0.3 is 10.5 Å². The second-order valence-electron chi connectivity index (χ2n) is 8.26. The van der Waals surface area contributed by atoms with Gasteiger partial charge in [0.25, 0.3) is 0 Å². The van der Waals surface area contributed by atoms with Gasteiger partial charge in [-0.2, -0.15) is 10.1 Å². The van der Waals surface area contributed by atoms with Crippen molar-refractivity contribution in [2.24, 2.45) is 0 Å². The minimum absolute atomic E-state index is 0.112. The highest BCUT2D eigenvalue weighted by molar-refractivity contribution is 7.99. The Balaban J connectivity index is 1.51. The second-order valence-corrected chi connectivity index (χ2v) is 11.0. The van der Waals surface area contributed by atoms with Gasteiger partial charge in [0.05, 0.1) is 30.4 Å². The van der Waals surface area contributed by atoms with Crippen LogP contribution in [0.1, 0.15) is 22.5 Å². The van der Waals surface area contributed by atoms with Gasteiger partial charge in [-0.05, 0) is 26.0 Å². The lowest BCUT2D eigenvalue weighted by Gasteiger charge is -2.16. The molecule has 5 heterocycles. The molecule has 1 aliphatic heterocycles. The molecule has 4 aromatic heterocycles. The van der Waals surface area contributed by atoms with E-state index in [1.807, 2.05) is 13.8 Å². The summed E-state index contributed by atoms with van der Waals surface area (Å²) >= 11 is 1.43. The number of aryl methyl sites for hydroxylation is 1. The van der Waals surface area contributed by atoms with E-state index in [0.717, 1.165) is 28.0 Å². The fourth-order valence-electron chi connectivity index (χ4n) is 4.20. The molecule has 1 unspecified atom stereocenters. The predicted molar refractivity (Wildman–Crippen MR) is 132 cm³/mol. The van der Waals surface area contributed by atoms with Gasteiger partial charge >= 0.3 is 0 Å². The normalized spacial score (nSPS) is 15.8. The van der Waals surface area contributed by atoms with E-state index in [9.17, 15) is 8.42 Å². The van der Waals surface area contributed by atoms with Gasteiger partial charge in [0, 0.05) is 47.9 Å². The summed E-state index contributed by atoms with van der Waals surface area (Å²) in [5, 5.41) is 6.27. The summed E-state index contributed by atoms with van der Waals surface area (Å²) in [7, 11) is -2.11. The van der Waals surface area contributed by atoms with Crippen LogP contribution in [0.2, 0.25) is 0 Å². The summed E-state index contributed by atoms with van der Waals surface area (Å²) in [5.74, 6) is 1.38. The number of nitrogen functional groups attached to an aromatic ring is 1. The molecule has 1 aliphatic rings. The number of sulfonamides is 1. The Hall–Kier alpha value is -3.29. The number of rotatable bonds is 6. The first-order chi connectivity index (χ1) is 16.8. The predicted octanol–water partition coefficient (Wildman–Crippen LogP) is 1.87. The summed E-state index contributed by atoms with van der Waals surface area (Å²) in [6, 6.07) is 2.69. The molecule has 0 saturated carbocycles. The molecule has 0 amide bonds. The molecule has 182 valence electrons. The van der Waals surface area contributed by atoms with E-state index >= 15 is 0 Å². The fourth-order valence-corrected chi connectivity index (χ4v) is 6.57. The van der Waals surface area contributed by atoms with Crippen LogP contribution in [0.5, 0.6) is 5.75 Å².